The van der Waals surface area contributed by atoms with Crippen molar-refractivity contribution in [2.75, 3.05) is 0 Å². The molecule has 4 heteroatoms. The Kier molecular flexibility index (Phi) is 4.94. The summed E-state index contributed by atoms with van der Waals surface area (Å²) < 4.78 is 29.2. The van der Waals surface area contributed by atoms with Gasteiger partial charge in [-0.15, -0.1) is 0 Å². The van der Waals surface area contributed by atoms with Gasteiger partial charge >= 0.3 is 0 Å². The Labute approximate surface area is 141 Å². The molecule has 0 aliphatic rings. The maximum absolute atomic E-state index is 15.4. The lowest BCUT2D eigenvalue weighted by Crippen LogP contribution is -2.27. The molecule has 2 nitrogen and oxygen atoms in total. The number of rotatable bonds is 5. The summed E-state index contributed by atoms with van der Waals surface area (Å²) in [5.74, 6) is -1.93. The van der Waals surface area contributed by atoms with E-state index < -0.39 is 19.2 Å². The summed E-state index contributed by atoms with van der Waals surface area (Å²) in [5, 5.41) is 11.3. The lowest BCUT2D eigenvalue weighted by atomic mass is 10.1. The average molecular weight is 340 g/mol. The van der Waals surface area contributed by atoms with E-state index in [9.17, 15) is 9.67 Å². The Hall–Kier alpha value is -2.22. The topological polar surface area (TPSA) is 37.3 Å². The summed E-state index contributed by atoms with van der Waals surface area (Å²) in [6.45, 7) is 0. The van der Waals surface area contributed by atoms with Gasteiger partial charge in [-0.05, 0) is 5.56 Å². The van der Waals surface area contributed by atoms with Gasteiger partial charge < -0.3 is 9.67 Å². The maximum Gasteiger partial charge on any atom is 0.190 e. The molecule has 0 aliphatic heterocycles. The van der Waals surface area contributed by atoms with Crippen LogP contribution in [0.15, 0.2) is 91.0 Å². The average Bonchev–Trinajstić information content (AvgIpc) is 2.68. The molecule has 0 aromatic heterocycles. The van der Waals surface area contributed by atoms with Gasteiger partial charge in [0.25, 0.3) is 0 Å². The molecule has 0 amide bonds. The Morgan fingerprint density at radius 2 is 1.08 bits per heavy atom. The number of aliphatic hydroxyl groups is 1. The zero-order chi connectivity index (χ0) is 17.0. The fraction of sp³-hybridized carbons (Fsp3) is 0.100. The van der Waals surface area contributed by atoms with Gasteiger partial charge in [-0.25, -0.2) is 4.39 Å². The van der Waals surface area contributed by atoms with Gasteiger partial charge in [0.1, 0.15) is 6.10 Å². The zero-order valence-corrected chi connectivity index (χ0v) is 13.9. The second-order valence-electron chi connectivity index (χ2n) is 5.56. The molecule has 0 fully saturated rings. The summed E-state index contributed by atoms with van der Waals surface area (Å²) in [4.78, 5) is 0. The molecular formula is C20H18FO2P. The van der Waals surface area contributed by atoms with Gasteiger partial charge in [-0.1, -0.05) is 91.0 Å². The van der Waals surface area contributed by atoms with Crippen molar-refractivity contribution < 1.29 is 14.1 Å². The van der Waals surface area contributed by atoms with E-state index in [1.807, 2.05) is 0 Å². The summed E-state index contributed by atoms with van der Waals surface area (Å²) in [6.07, 6.45) is -1.46. The predicted octanol–water partition coefficient (Wildman–Crippen LogP) is 4.03. The van der Waals surface area contributed by atoms with Crippen LogP contribution in [0.25, 0.3) is 0 Å². The van der Waals surface area contributed by atoms with Crippen LogP contribution in [0.3, 0.4) is 0 Å². The standard InChI is InChI=1S/C20H18FO2P/c21-20(19(22)16-10-4-1-5-11-16)24(23,17-12-6-2-7-13-17)18-14-8-3-9-15-18/h1-15,19-20,22H/t19-,20+/m0/s1. The molecule has 3 aromatic rings. The van der Waals surface area contributed by atoms with E-state index in [0.29, 0.717) is 16.2 Å². The van der Waals surface area contributed by atoms with Crippen LogP contribution >= 0.6 is 7.14 Å². The number of hydrogen-bond acceptors (Lipinski definition) is 2. The minimum Gasteiger partial charge on any atom is -0.385 e. The molecule has 3 aromatic carbocycles. The third-order valence-electron chi connectivity index (χ3n) is 4.03. The van der Waals surface area contributed by atoms with E-state index in [4.69, 9.17) is 0 Å². The minimum absolute atomic E-state index is 0.402. The van der Waals surface area contributed by atoms with Crippen LogP contribution in [0, 0.1) is 0 Å². The van der Waals surface area contributed by atoms with Gasteiger partial charge in [0, 0.05) is 10.6 Å². The van der Waals surface area contributed by atoms with Crippen molar-refractivity contribution in [1.29, 1.82) is 0 Å². The summed E-state index contributed by atoms with van der Waals surface area (Å²) >= 11 is 0. The van der Waals surface area contributed by atoms with E-state index in [2.05, 4.69) is 0 Å². The highest BCUT2D eigenvalue weighted by Gasteiger charge is 2.41. The largest absolute Gasteiger partial charge is 0.385 e. The Balaban J connectivity index is 2.11. The van der Waals surface area contributed by atoms with E-state index in [1.165, 1.54) is 0 Å². The molecule has 2 atom stereocenters. The van der Waals surface area contributed by atoms with Crippen molar-refractivity contribution in [2.24, 2.45) is 0 Å². The Bertz CT molecular complexity index is 779. The second kappa shape index (κ2) is 7.12. The molecule has 0 aliphatic carbocycles. The van der Waals surface area contributed by atoms with Crippen molar-refractivity contribution in [2.45, 2.75) is 12.0 Å². The first-order chi connectivity index (χ1) is 11.6. The van der Waals surface area contributed by atoms with E-state index in [0.717, 1.165) is 0 Å². The van der Waals surface area contributed by atoms with Crippen molar-refractivity contribution in [3.8, 4) is 0 Å². The highest BCUT2D eigenvalue weighted by molar-refractivity contribution is 7.79. The van der Waals surface area contributed by atoms with Crippen LogP contribution in [0.1, 0.15) is 11.7 Å². The Morgan fingerprint density at radius 1 is 0.708 bits per heavy atom. The van der Waals surface area contributed by atoms with Crippen molar-refractivity contribution >= 4 is 17.8 Å². The molecule has 0 spiro atoms. The van der Waals surface area contributed by atoms with Gasteiger partial charge in [0.2, 0.25) is 0 Å². The normalized spacial score (nSPS) is 14.1. The molecule has 0 bridgehead atoms. The van der Waals surface area contributed by atoms with Crippen LogP contribution in [-0.4, -0.2) is 11.0 Å². The first kappa shape index (κ1) is 16.6. The quantitative estimate of drug-likeness (QED) is 0.712. The summed E-state index contributed by atoms with van der Waals surface area (Å²) in [7, 11) is -3.65. The molecule has 24 heavy (non-hydrogen) atoms. The summed E-state index contributed by atoms with van der Waals surface area (Å²) in [6, 6.07) is 25.6. The molecule has 0 heterocycles. The minimum atomic E-state index is -3.65. The molecule has 0 saturated carbocycles. The number of halogens is 1. The molecule has 0 unspecified atom stereocenters. The summed E-state index contributed by atoms with van der Waals surface area (Å²) in [5.41, 5.74) is 0.414. The highest BCUT2D eigenvalue weighted by Crippen LogP contribution is 2.53. The van der Waals surface area contributed by atoms with Crippen molar-refractivity contribution in [3.05, 3.63) is 96.6 Å². The van der Waals surface area contributed by atoms with E-state index in [1.54, 1.807) is 91.0 Å². The van der Waals surface area contributed by atoms with Crippen molar-refractivity contribution in [3.63, 3.8) is 0 Å². The fourth-order valence-corrected chi connectivity index (χ4v) is 5.41. The number of aliphatic hydroxyl groups excluding tert-OH is 1. The third-order valence-corrected chi connectivity index (χ3v) is 7.14. The highest BCUT2D eigenvalue weighted by atomic mass is 31.2. The van der Waals surface area contributed by atoms with Crippen LogP contribution in [0.2, 0.25) is 0 Å². The third kappa shape index (κ3) is 3.06. The molecule has 0 saturated heterocycles. The number of alkyl halides is 1. The fourth-order valence-electron chi connectivity index (χ4n) is 2.74. The Morgan fingerprint density at radius 3 is 1.50 bits per heavy atom. The van der Waals surface area contributed by atoms with Crippen LogP contribution in [0.5, 0.6) is 0 Å². The van der Waals surface area contributed by atoms with E-state index >= 15 is 4.39 Å². The van der Waals surface area contributed by atoms with Crippen molar-refractivity contribution in [1.82, 2.24) is 0 Å². The number of hydrogen-bond donors (Lipinski definition) is 1. The van der Waals surface area contributed by atoms with E-state index in [-0.39, 0.29) is 0 Å². The van der Waals surface area contributed by atoms with Gasteiger partial charge in [-0.2, -0.15) is 0 Å². The van der Waals surface area contributed by atoms with Crippen LogP contribution in [0.4, 0.5) is 4.39 Å². The second-order valence-corrected chi connectivity index (χ2v) is 8.40. The molecule has 1 N–H and O–H groups in total. The lowest BCUT2D eigenvalue weighted by molar-refractivity contribution is 0.119. The smallest absolute Gasteiger partial charge is 0.190 e. The van der Waals surface area contributed by atoms with Crippen LogP contribution in [-0.2, 0) is 4.57 Å². The van der Waals surface area contributed by atoms with Crippen LogP contribution < -0.4 is 10.6 Å². The molecule has 3 rings (SSSR count). The zero-order valence-electron chi connectivity index (χ0n) is 13.0. The predicted molar refractivity (Wildman–Crippen MR) is 96.1 cm³/mol. The first-order valence-corrected chi connectivity index (χ1v) is 9.49. The SMILES string of the molecule is O=P(c1ccccc1)(c1ccccc1)[C@@H](F)[C@@H](O)c1ccccc1. The maximum atomic E-state index is 15.4. The number of benzene rings is 3. The van der Waals surface area contributed by atoms with Gasteiger partial charge in [0.15, 0.2) is 13.1 Å². The first-order valence-electron chi connectivity index (χ1n) is 7.72. The molecule has 122 valence electrons. The van der Waals surface area contributed by atoms with Gasteiger partial charge in [0.05, 0.1) is 0 Å². The molecule has 0 radical (unpaired) electrons. The van der Waals surface area contributed by atoms with Gasteiger partial charge in [-0.3, -0.25) is 0 Å². The monoisotopic (exact) mass is 340 g/mol. The molecular weight excluding hydrogens is 322 g/mol. The lowest BCUT2D eigenvalue weighted by Gasteiger charge is -2.26.